The summed E-state index contributed by atoms with van der Waals surface area (Å²) in [5, 5.41) is 12.1. The minimum atomic E-state index is -0.223. The minimum absolute atomic E-state index is 0.108. The molecule has 0 saturated heterocycles. The van der Waals surface area contributed by atoms with Crippen molar-refractivity contribution in [3.8, 4) is 5.69 Å². The predicted molar refractivity (Wildman–Crippen MR) is 127 cm³/mol. The summed E-state index contributed by atoms with van der Waals surface area (Å²) in [6.07, 6.45) is 0. The Hall–Kier alpha value is -3.83. The van der Waals surface area contributed by atoms with Crippen LogP contribution in [0.1, 0.15) is 28.3 Å². The molecule has 1 amide bonds. The van der Waals surface area contributed by atoms with Crippen LogP contribution in [-0.2, 0) is 4.79 Å². The van der Waals surface area contributed by atoms with Gasteiger partial charge in [-0.15, -0.1) is 0 Å². The van der Waals surface area contributed by atoms with Crippen LogP contribution < -0.4 is 10.6 Å². The van der Waals surface area contributed by atoms with Crippen LogP contribution in [0.3, 0.4) is 0 Å². The number of carbonyl (C=O) groups excluding carboxylic acids is 1. The molecule has 0 radical (unpaired) electrons. The predicted octanol–water partition coefficient (Wildman–Crippen LogP) is 5.75. The standard InChI is InChI=1S/C26H19ClN4O/c1-15-21-22-19-9-5-6-10-20(19)28-26(32)23(22)24(16-11-13-17(27)14-12-16)29-25(21)31(30-15)18-7-3-2-4-8-18/h2-14,22,29H,1H3,(H,28,32). The van der Waals surface area contributed by atoms with Gasteiger partial charge in [-0.25, -0.2) is 4.68 Å². The number of nitrogens with one attached hydrogen (secondary N) is 2. The van der Waals surface area contributed by atoms with Gasteiger partial charge in [-0.3, -0.25) is 4.79 Å². The van der Waals surface area contributed by atoms with E-state index in [1.54, 1.807) is 0 Å². The first-order valence-electron chi connectivity index (χ1n) is 10.4. The number of fused-ring (bicyclic) bond motifs is 5. The van der Waals surface area contributed by atoms with Crippen LogP contribution in [0.15, 0.2) is 84.4 Å². The summed E-state index contributed by atoms with van der Waals surface area (Å²) in [6.45, 7) is 2.00. The summed E-state index contributed by atoms with van der Waals surface area (Å²) in [7, 11) is 0. The van der Waals surface area contributed by atoms with E-state index in [1.807, 2.05) is 84.4 Å². The van der Waals surface area contributed by atoms with E-state index in [9.17, 15) is 4.79 Å². The Morgan fingerprint density at radius 1 is 0.906 bits per heavy atom. The van der Waals surface area contributed by atoms with E-state index >= 15 is 0 Å². The summed E-state index contributed by atoms with van der Waals surface area (Å²) < 4.78 is 1.92. The van der Waals surface area contributed by atoms with E-state index in [0.29, 0.717) is 10.6 Å². The fourth-order valence-corrected chi connectivity index (χ4v) is 4.81. The maximum Gasteiger partial charge on any atom is 0.254 e. The Morgan fingerprint density at radius 3 is 2.41 bits per heavy atom. The molecular weight excluding hydrogens is 420 g/mol. The summed E-state index contributed by atoms with van der Waals surface area (Å²) >= 11 is 6.14. The van der Waals surface area contributed by atoms with Gasteiger partial charge in [-0.1, -0.05) is 60.1 Å². The van der Waals surface area contributed by atoms with Gasteiger partial charge in [0, 0.05) is 22.2 Å². The molecule has 2 aliphatic rings. The zero-order valence-corrected chi connectivity index (χ0v) is 18.0. The highest BCUT2D eigenvalue weighted by atomic mass is 35.5. The number of anilines is 2. The number of rotatable bonds is 2. The molecule has 3 aromatic carbocycles. The number of halogens is 1. The third kappa shape index (κ3) is 2.78. The topological polar surface area (TPSA) is 59.0 Å². The molecule has 1 atom stereocenters. The Balaban J connectivity index is 1.66. The van der Waals surface area contributed by atoms with Gasteiger partial charge in [0.05, 0.1) is 22.7 Å². The van der Waals surface area contributed by atoms with Crippen LogP contribution in [0.25, 0.3) is 11.4 Å². The molecule has 2 aliphatic heterocycles. The normalized spacial score (nSPS) is 16.6. The molecule has 6 heteroatoms. The van der Waals surface area contributed by atoms with Crippen LogP contribution in [0.4, 0.5) is 11.5 Å². The third-order valence-electron chi connectivity index (χ3n) is 6.10. The van der Waals surface area contributed by atoms with Crippen molar-refractivity contribution in [3.05, 3.63) is 112 Å². The largest absolute Gasteiger partial charge is 0.339 e. The molecule has 0 aliphatic carbocycles. The van der Waals surface area contributed by atoms with E-state index < -0.39 is 0 Å². The van der Waals surface area contributed by atoms with Crippen LogP contribution >= 0.6 is 11.6 Å². The van der Waals surface area contributed by atoms with E-state index in [-0.39, 0.29) is 11.8 Å². The van der Waals surface area contributed by atoms with Gasteiger partial charge in [0.1, 0.15) is 5.82 Å². The lowest BCUT2D eigenvalue weighted by molar-refractivity contribution is -0.113. The lowest BCUT2D eigenvalue weighted by Crippen LogP contribution is -2.32. The van der Waals surface area contributed by atoms with Gasteiger partial charge in [0.25, 0.3) is 5.91 Å². The van der Waals surface area contributed by atoms with Crippen molar-refractivity contribution in [2.24, 2.45) is 0 Å². The monoisotopic (exact) mass is 438 g/mol. The Kier molecular flexibility index (Phi) is 4.20. The highest BCUT2D eigenvalue weighted by Crippen LogP contribution is 2.50. The first kappa shape index (κ1) is 18.9. The van der Waals surface area contributed by atoms with Crippen molar-refractivity contribution in [2.45, 2.75) is 12.8 Å². The lowest BCUT2D eigenvalue weighted by atomic mass is 9.77. The maximum absolute atomic E-state index is 13.4. The van der Waals surface area contributed by atoms with Gasteiger partial charge >= 0.3 is 0 Å². The van der Waals surface area contributed by atoms with Gasteiger partial charge < -0.3 is 10.6 Å². The van der Waals surface area contributed by atoms with Gasteiger partial charge in [-0.05, 0) is 48.4 Å². The van der Waals surface area contributed by atoms with Crippen molar-refractivity contribution in [1.82, 2.24) is 9.78 Å². The number of aryl methyl sites for hydroxylation is 1. The zero-order valence-electron chi connectivity index (χ0n) is 17.3. The average molecular weight is 439 g/mol. The van der Waals surface area contributed by atoms with Gasteiger partial charge in [0.2, 0.25) is 0 Å². The fraction of sp³-hybridized carbons (Fsp3) is 0.0769. The van der Waals surface area contributed by atoms with E-state index in [0.717, 1.165) is 45.3 Å². The van der Waals surface area contributed by atoms with E-state index in [1.165, 1.54) is 0 Å². The Labute approximate surface area is 190 Å². The number of hydrogen-bond acceptors (Lipinski definition) is 3. The molecule has 0 fully saturated rings. The molecule has 5 nitrogen and oxygen atoms in total. The van der Waals surface area contributed by atoms with Crippen molar-refractivity contribution in [2.75, 3.05) is 10.6 Å². The number of amides is 1. The minimum Gasteiger partial charge on any atom is -0.339 e. The molecule has 2 N–H and O–H groups in total. The summed E-state index contributed by atoms with van der Waals surface area (Å²) in [5.74, 6) is 0.542. The SMILES string of the molecule is Cc1nn(-c2ccccc2)c2c1C1C(=C(c3ccc(Cl)cc3)N2)C(=O)Nc2ccccc21. The molecule has 4 aromatic rings. The summed E-state index contributed by atoms with van der Waals surface area (Å²) in [4.78, 5) is 13.4. The molecule has 0 bridgehead atoms. The van der Waals surface area contributed by atoms with Crippen LogP contribution in [0.2, 0.25) is 5.02 Å². The van der Waals surface area contributed by atoms with E-state index in [4.69, 9.17) is 16.7 Å². The molecule has 0 saturated carbocycles. The highest BCUT2D eigenvalue weighted by Gasteiger charge is 2.41. The number of benzene rings is 3. The van der Waals surface area contributed by atoms with E-state index in [2.05, 4.69) is 16.7 Å². The van der Waals surface area contributed by atoms with Crippen molar-refractivity contribution in [1.29, 1.82) is 0 Å². The van der Waals surface area contributed by atoms with Gasteiger partial charge in [0.15, 0.2) is 0 Å². The number of carbonyl (C=O) groups is 1. The Morgan fingerprint density at radius 2 is 1.62 bits per heavy atom. The fourth-order valence-electron chi connectivity index (χ4n) is 4.69. The second-order valence-corrected chi connectivity index (χ2v) is 8.43. The quantitative estimate of drug-likeness (QED) is 0.418. The molecule has 6 rings (SSSR count). The molecule has 1 unspecified atom stereocenters. The number of aromatic nitrogens is 2. The van der Waals surface area contributed by atoms with Gasteiger partial charge in [-0.2, -0.15) is 5.10 Å². The molecule has 156 valence electrons. The highest BCUT2D eigenvalue weighted by molar-refractivity contribution is 6.30. The molecule has 1 aromatic heterocycles. The summed E-state index contributed by atoms with van der Waals surface area (Å²) in [6, 6.07) is 25.5. The molecular formula is C26H19ClN4O. The molecule has 0 spiro atoms. The van der Waals surface area contributed by atoms with Crippen molar-refractivity contribution >= 4 is 34.7 Å². The van der Waals surface area contributed by atoms with Crippen molar-refractivity contribution in [3.63, 3.8) is 0 Å². The van der Waals surface area contributed by atoms with Crippen LogP contribution in [-0.4, -0.2) is 15.7 Å². The molecule has 32 heavy (non-hydrogen) atoms. The number of nitrogens with zero attached hydrogens (tertiary/aromatic N) is 2. The first-order chi connectivity index (χ1) is 15.6. The second kappa shape index (κ2) is 7.11. The first-order valence-corrected chi connectivity index (χ1v) is 10.8. The summed E-state index contributed by atoms with van der Waals surface area (Å²) in [5.41, 5.74) is 7.11. The van der Waals surface area contributed by atoms with Crippen LogP contribution in [0, 0.1) is 6.92 Å². The average Bonchev–Trinajstić information content (AvgIpc) is 3.16. The Bertz CT molecular complexity index is 1400. The lowest BCUT2D eigenvalue weighted by Gasteiger charge is -2.35. The number of hydrogen-bond donors (Lipinski definition) is 2. The maximum atomic E-state index is 13.4. The van der Waals surface area contributed by atoms with Crippen LogP contribution in [0.5, 0.6) is 0 Å². The third-order valence-corrected chi connectivity index (χ3v) is 6.35. The smallest absolute Gasteiger partial charge is 0.254 e. The zero-order chi connectivity index (χ0) is 21.8. The second-order valence-electron chi connectivity index (χ2n) is 7.99. The number of para-hydroxylation sites is 2. The molecule has 3 heterocycles. The van der Waals surface area contributed by atoms with Crippen molar-refractivity contribution < 1.29 is 4.79 Å².